The normalized spacial score (nSPS) is 11.9. The van der Waals surface area contributed by atoms with Crippen molar-refractivity contribution in [1.29, 1.82) is 0 Å². The Morgan fingerprint density at radius 1 is 0.333 bits per heavy atom. The van der Waals surface area contributed by atoms with Gasteiger partial charge in [-0.1, -0.05) is 115 Å². The molecule has 0 unspecified atom stereocenters. The molecule has 0 bridgehead atoms. The van der Waals surface area contributed by atoms with Gasteiger partial charge in [-0.3, -0.25) is 0 Å². The Labute approximate surface area is 325 Å². The summed E-state index contributed by atoms with van der Waals surface area (Å²) in [6.45, 7) is 0. The van der Waals surface area contributed by atoms with Crippen molar-refractivity contribution in [3.8, 4) is 51.0 Å². The molecule has 12 aromatic rings. The van der Waals surface area contributed by atoms with E-state index in [4.69, 9.17) is 23.8 Å². The molecule has 266 valence electrons. The lowest BCUT2D eigenvalue weighted by atomic mass is 10.0. The first-order valence-corrected chi connectivity index (χ1v) is 19.0. The highest BCUT2D eigenvalue weighted by Gasteiger charge is 2.20. The van der Waals surface area contributed by atoms with Crippen LogP contribution >= 0.6 is 0 Å². The molecule has 0 saturated heterocycles. The summed E-state index contributed by atoms with van der Waals surface area (Å²) in [5.41, 5.74) is 11.5. The van der Waals surface area contributed by atoms with E-state index in [1.54, 1.807) is 0 Å². The zero-order chi connectivity index (χ0) is 37.5. The van der Waals surface area contributed by atoms with Crippen LogP contribution in [0.25, 0.3) is 117 Å². The van der Waals surface area contributed by atoms with Gasteiger partial charge in [-0.2, -0.15) is 0 Å². The topological polar surface area (TPSA) is 69.9 Å². The summed E-state index contributed by atoms with van der Waals surface area (Å²) in [6.07, 6.45) is 0. The van der Waals surface area contributed by atoms with E-state index in [9.17, 15) is 0 Å². The molecule has 4 heterocycles. The van der Waals surface area contributed by atoms with Gasteiger partial charge in [-0.25, -0.2) is 15.0 Å². The van der Waals surface area contributed by atoms with E-state index < -0.39 is 0 Å². The molecule has 0 amide bonds. The number of hydrogen-bond donors (Lipinski definition) is 0. The average Bonchev–Trinajstić information content (AvgIpc) is 3.95. The van der Waals surface area contributed by atoms with Crippen LogP contribution in [-0.4, -0.2) is 19.5 Å². The van der Waals surface area contributed by atoms with E-state index in [1.165, 1.54) is 5.56 Å². The minimum atomic E-state index is 0.558. The van der Waals surface area contributed by atoms with E-state index >= 15 is 0 Å². The summed E-state index contributed by atoms with van der Waals surface area (Å²) in [6, 6.07) is 62.8. The maximum atomic E-state index is 6.44. The third-order valence-electron chi connectivity index (χ3n) is 11.1. The third kappa shape index (κ3) is 5.01. The first kappa shape index (κ1) is 31.5. The largest absolute Gasteiger partial charge is 0.456 e. The molecule has 6 heteroatoms. The second-order valence-corrected chi connectivity index (χ2v) is 14.4. The van der Waals surface area contributed by atoms with E-state index in [1.807, 2.05) is 66.7 Å². The molecular weight excluding hydrogens is 701 g/mol. The monoisotopic (exact) mass is 730 g/mol. The van der Waals surface area contributed by atoms with Crippen molar-refractivity contribution in [3.63, 3.8) is 0 Å². The van der Waals surface area contributed by atoms with Gasteiger partial charge in [0, 0.05) is 49.1 Å². The van der Waals surface area contributed by atoms with Gasteiger partial charge >= 0.3 is 0 Å². The summed E-state index contributed by atoms with van der Waals surface area (Å²) < 4.78 is 15.2. The fourth-order valence-corrected chi connectivity index (χ4v) is 8.37. The van der Waals surface area contributed by atoms with Crippen molar-refractivity contribution >= 4 is 65.7 Å². The van der Waals surface area contributed by atoms with Crippen LogP contribution in [0.5, 0.6) is 0 Å². The van der Waals surface area contributed by atoms with Gasteiger partial charge in [0.05, 0.1) is 16.6 Å². The molecule has 0 atom stereocenters. The lowest BCUT2D eigenvalue weighted by Crippen LogP contribution is -2.00. The average molecular weight is 731 g/mol. The van der Waals surface area contributed by atoms with E-state index in [-0.39, 0.29) is 0 Å². The molecule has 8 aromatic carbocycles. The number of benzene rings is 8. The summed E-state index contributed by atoms with van der Waals surface area (Å²) >= 11 is 0. The summed E-state index contributed by atoms with van der Waals surface area (Å²) in [7, 11) is 0. The predicted molar refractivity (Wildman–Crippen MR) is 230 cm³/mol. The number of furan rings is 2. The van der Waals surface area contributed by atoms with Gasteiger partial charge in [0.1, 0.15) is 22.3 Å². The highest BCUT2D eigenvalue weighted by Crippen LogP contribution is 2.39. The number of nitrogens with zero attached hydrogens (tertiary/aromatic N) is 4. The van der Waals surface area contributed by atoms with Gasteiger partial charge in [0.25, 0.3) is 0 Å². The minimum absolute atomic E-state index is 0.558. The van der Waals surface area contributed by atoms with Gasteiger partial charge in [-0.15, -0.1) is 0 Å². The first-order chi connectivity index (χ1) is 28.2. The Bertz CT molecular complexity index is 3530. The maximum absolute atomic E-state index is 6.44. The van der Waals surface area contributed by atoms with Crippen LogP contribution in [0.3, 0.4) is 0 Å². The Morgan fingerprint density at radius 3 is 1.84 bits per heavy atom. The Morgan fingerprint density at radius 2 is 0.982 bits per heavy atom. The molecule has 4 aromatic heterocycles. The minimum Gasteiger partial charge on any atom is -0.456 e. The van der Waals surface area contributed by atoms with Crippen molar-refractivity contribution in [3.05, 3.63) is 182 Å². The fraction of sp³-hybridized carbons (Fsp3) is 0. The molecule has 57 heavy (non-hydrogen) atoms. The standard InChI is InChI=1S/C51H30N4O2/c1-3-12-31(13-4-1)33-22-25-38-42-30-35(24-27-46(42)56-47(38)29-33)55-43-20-9-7-16-36(43)41-28-34(23-26-44(41)55)50-52-49(32-14-5-2-6-15-32)53-51(54-50)40-19-11-18-39-37-17-8-10-21-45(37)57-48(39)40/h1-30H. The maximum Gasteiger partial charge on any atom is 0.167 e. The molecule has 12 rings (SSSR count). The van der Waals surface area contributed by atoms with Crippen molar-refractivity contribution in [2.75, 3.05) is 0 Å². The predicted octanol–water partition coefficient (Wildman–Crippen LogP) is 13.4. The van der Waals surface area contributed by atoms with Crippen molar-refractivity contribution < 1.29 is 8.83 Å². The zero-order valence-electron chi connectivity index (χ0n) is 30.4. The van der Waals surface area contributed by atoms with Gasteiger partial charge < -0.3 is 13.4 Å². The van der Waals surface area contributed by atoms with Gasteiger partial charge in [-0.05, 0) is 77.9 Å². The van der Waals surface area contributed by atoms with Crippen LogP contribution in [0.1, 0.15) is 0 Å². The van der Waals surface area contributed by atoms with Crippen LogP contribution < -0.4 is 0 Å². The van der Waals surface area contributed by atoms with Crippen molar-refractivity contribution in [2.24, 2.45) is 0 Å². The second kappa shape index (κ2) is 12.3. The summed E-state index contributed by atoms with van der Waals surface area (Å²) in [5.74, 6) is 1.75. The fourth-order valence-electron chi connectivity index (χ4n) is 8.37. The summed E-state index contributed by atoms with van der Waals surface area (Å²) in [4.78, 5) is 15.3. The van der Waals surface area contributed by atoms with E-state index in [0.717, 1.165) is 93.6 Å². The quantitative estimate of drug-likeness (QED) is 0.176. The number of hydrogen-bond acceptors (Lipinski definition) is 5. The number of aromatic nitrogens is 4. The Balaban J connectivity index is 1.02. The lowest BCUT2D eigenvalue weighted by molar-refractivity contribution is 0.669. The van der Waals surface area contributed by atoms with Crippen molar-refractivity contribution in [1.82, 2.24) is 19.5 Å². The number of rotatable bonds is 5. The molecule has 6 nitrogen and oxygen atoms in total. The van der Waals surface area contributed by atoms with Crippen LogP contribution in [0.4, 0.5) is 0 Å². The van der Waals surface area contributed by atoms with E-state index in [0.29, 0.717) is 17.5 Å². The Kier molecular flexibility index (Phi) is 6.83. The smallest absolute Gasteiger partial charge is 0.167 e. The molecule has 0 saturated carbocycles. The zero-order valence-corrected chi connectivity index (χ0v) is 30.4. The van der Waals surface area contributed by atoms with Crippen LogP contribution in [0, 0.1) is 0 Å². The van der Waals surface area contributed by atoms with Gasteiger partial charge in [0.2, 0.25) is 0 Å². The van der Waals surface area contributed by atoms with Gasteiger partial charge in [0.15, 0.2) is 17.5 Å². The summed E-state index contributed by atoms with van der Waals surface area (Å²) in [5, 5.41) is 6.51. The molecule has 0 fully saturated rings. The highest BCUT2D eigenvalue weighted by molar-refractivity contribution is 6.12. The van der Waals surface area contributed by atoms with Crippen molar-refractivity contribution in [2.45, 2.75) is 0 Å². The highest BCUT2D eigenvalue weighted by atomic mass is 16.3. The van der Waals surface area contributed by atoms with Crippen LogP contribution in [-0.2, 0) is 0 Å². The molecule has 0 aliphatic carbocycles. The molecule has 0 spiro atoms. The number of fused-ring (bicyclic) bond motifs is 9. The first-order valence-electron chi connectivity index (χ1n) is 19.0. The second-order valence-electron chi connectivity index (χ2n) is 14.4. The molecular formula is C51H30N4O2. The number of para-hydroxylation sites is 3. The molecule has 0 N–H and O–H groups in total. The molecule has 0 radical (unpaired) electrons. The molecule has 0 aliphatic heterocycles. The third-order valence-corrected chi connectivity index (χ3v) is 11.1. The van der Waals surface area contributed by atoms with E-state index in [2.05, 4.69) is 120 Å². The lowest BCUT2D eigenvalue weighted by Gasteiger charge is -2.10. The van der Waals surface area contributed by atoms with Crippen LogP contribution in [0.2, 0.25) is 0 Å². The molecule has 0 aliphatic rings. The van der Waals surface area contributed by atoms with Crippen LogP contribution in [0.15, 0.2) is 191 Å². The Hall–Kier alpha value is -7.83. The SMILES string of the molecule is c1ccc(-c2ccc3c(c2)oc2ccc(-n4c5ccccc5c5cc(-c6nc(-c7ccccc7)nc(-c7cccc8c7oc7ccccc78)n6)ccc54)cc23)cc1.